The molecule has 6 nitrogen and oxygen atoms in total. The van der Waals surface area contributed by atoms with Gasteiger partial charge in [-0.25, -0.2) is 0 Å². The number of H-pyrrole nitrogens is 1. The Kier molecular flexibility index (Phi) is 5.25. The molecule has 0 radical (unpaired) electrons. The van der Waals surface area contributed by atoms with Gasteiger partial charge in [-0.15, -0.1) is 0 Å². The van der Waals surface area contributed by atoms with Gasteiger partial charge < -0.3 is 19.9 Å². The molecule has 2 amide bonds. The van der Waals surface area contributed by atoms with E-state index in [2.05, 4.69) is 10.3 Å². The number of nitrogens with one attached hydrogen (secondary N) is 2. The number of carbonyl (C=O) groups excluding carboxylic acids is 2. The molecule has 1 aromatic heterocycles. The minimum absolute atomic E-state index is 0.00210. The molecule has 0 saturated carbocycles. The Hall–Kier alpha value is -3.28. The summed E-state index contributed by atoms with van der Waals surface area (Å²) in [6.45, 7) is 2.96. The van der Waals surface area contributed by atoms with Crippen molar-refractivity contribution in [3.63, 3.8) is 0 Å². The van der Waals surface area contributed by atoms with Crippen LogP contribution in [0.25, 0.3) is 10.9 Å². The van der Waals surface area contributed by atoms with Crippen LogP contribution in [0.15, 0.2) is 48.7 Å². The van der Waals surface area contributed by atoms with Crippen molar-refractivity contribution in [1.82, 2.24) is 10.3 Å². The van der Waals surface area contributed by atoms with Crippen LogP contribution in [0.3, 0.4) is 0 Å². The fourth-order valence-electron chi connectivity index (χ4n) is 3.81. The smallest absolute Gasteiger partial charge is 0.227 e. The molecule has 1 fully saturated rings. The summed E-state index contributed by atoms with van der Waals surface area (Å²) in [6.07, 6.45) is 2.93. The average molecular weight is 391 g/mol. The number of hydrogen-bond donors (Lipinski definition) is 2. The van der Waals surface area contributed by atoms with E-state index in [0.29, 0.717) is 19.5 Å². The van der Waals surface area contributed by atoms with Gasteiger partial charge in [0.25, 0.3) is 0 Å². The second-order valence-corrected chi connectivity index (χ2v) is 7.51. The quantitative estimate of drug-likeness (QED) is 0.678. The first-order valence-corrected chi connectivity index (χ1v) is 9.84. The van der Waals surface area contributed by atoms with Crippen molar-refractivity contribution < 1.29 is 14.3 Å². The largest absolute Gasteiger partial charge is 0.497 e. The summed E-state index contributed by atoms with van der Waals surface area (Å²) in [5.41, 5.74) is 4.17. The minimum Gasteiger partial charge on any atom is -0.497 e. The van der Waals surface area contributed by atoms with Gasteiger partial charge in [0.15, 0.2) is 0 Å². The molecule has 29 heavy (non-hydrogen) atoms. The molecule has 0 bridgehead atoms. The molecule has 1 unspecified atom stereocenters. The number of aromatic nitrogens is 1. The van der Waals surface area contributed by atoms with Crippen LogP contribution < -0.4 is 15.0 Å². The van der Waals surface area contributed by atoms with Gasteiger partial charge in [0, 0.05) is 42.3 Å². The van der Waals surface area contributed by atoms with Gasteiger partial charge in [-0.1, -0.05) is 17.7 Å². The number of amides is 2. The summed E-state index contributed by atoms with van der Waals surface area (Å²) in [5.74, 6) is 0.429. The highest BCUT2D eigenvalue weighted by Gasteiger charge is 2.34. The first-order chi connectivity index (χ1) is 14.0. The van der Waals surface area contributed by atoms with Gasteiger partial charge >= 0.3 is 0 Å². The zero-order valence-corrected chi connectivity index (χ0v) is 16.7. The Labute approximate surface area is 169 Å². The monoisotopic (exact) mass is 391 g/mol. The highest BCUT2D eigenvalue weighted by molar-refractivity contribution is 6.00. The molecule has 1 saturated heterocycles. The van der Waals surface area contributed by atoms with Crippen molar-refractivity contribution >= 4 is 28.4 Å². The first-order valence-electron chi connectivity index (χ1n) is 9.84. The number of aromatic amines is 1. The number of aryl methyl sites for hydroxylation is 1. The second kappa shape index (κ2) is 7.99. The van der Waals surface area contributed by atoms with Gasteiger partial charge in [0.2, 0.25) is 11.8 Å². The maximum atomic E-state index is 12.6. The fourth-order valence-corrected chi connectivity index (χ4v) is 3.81. The standard InChI is InChI=1S/C23H25N3O3/c1-15-3-5-18(6-4-15)26-14-17(11-22(26)27)23(28)24-10-9-16-13-25-21-8-7-19(29-2)12-20(16)21/h3-8,12-13,17,25H,9-11,14H2,1-2H3,(H,24,28). The maximum Gasteiger partial charge on any atom is 0.227 e. The van der Waals surface area contributed by atoms with E-state index in [0.717, 1.165) is 33.5 Å². The molecule has 1 atom stereocenters. The van der Waals surface area contributed by atoms with E-state index in [9.17, 15) is 9.59 Å². The van der Waals surface area contributed by atoms with E-state index < -0.39 is 0 Å². The van der Waals surface area contributed by atoms with E-state index in [1.807, 2.05) is 55.6 Å². The maximum absolute atomic E-state index is 12.6. The Morgan fingerprint density at radius 1 is 1.24 bits per heavy atom. The van der Waals surface area contributed by atoms with Crippen LogP contribution in [0.1, 0.15) is 17.5 Å². The van der Waals surface area contributed by atoms with E-state index in [1.54, 1.807) is 12.0 Å². The van der Waals surface area contributed by atoms with Crippen molar-refractivity contribution in [3.8, 4) is 5.75 Å². The van der Waals surface area contributed by atoms with Crippen molar-refractivity contribution in [1.29, 1.82) is 0 Å². The molecule has 0 aliphatic carbocycles. The lowest BCUT2D eigenvalue weighted by Crippen LogP contribution is -2.34. The molecule has 150 valence electrons. The minimum atomic E-state index is -0.313. The third-order valence-corrected chi connectivity index (χ3v) is 5.51. The van der Waals surface area contributed by atoms with Crippen LogP contribution in [0.4, 0.5) is 5.69 Å². The topological polar surface area (TPSA) is 74.4 Å². The number of fused-ring (bicyclic) bond motifs is 1. The molecule has 2 aromatic carbocycles. The van der Waals surface area contributed by atoms with Crippen molar-refractivity contribution in [3.05, 3.63) is 59.8 Å². The number of ether oxygens (including phenoxy) is 1. The number of nitrogens with zero attached hydrogens (tertiary/aromatic N) is 1. The fraction of sp³-hybridized carbons (Fsp3) is 0.304. The summed E-state index contributed by atoms with van der Waals surface area (Å²) in [7, 11) is 1.65. The van der Waals surface area contributed by atoms with Crippen molar-refractivity contribution in [2.75, 3.05) is 25.1 Å². The molecule has 1 aliphatic heterocycles. The normalized spacial score (nSPS) is 16.4. The number of rotatable bonds is 6. The van der Waals surface area contributed by atoms with Gasteiger partial charge in [-0.05, 0) is 49.2 Å². The summed E-state index contributed by atoms with van der Waals surface area (Å²) in [5, 5.41) is 4.09. The summed E-state index contributed by atoms with van der Waals surface area (Å²) >= 11 is 0. The van der Waals surface area contributed by atoms with Crippen LogP contribution in [0.2, 0.25) is 0 Å². The van der Waals surface area contributed by atoms with E-state index in [-0.39, 0.29) is 24.2 Å². The van der Waals surface area contributed by atoms with Crippen LogP contribution in [-0.4, -0.2) is 37.0 Å². The highest BCUT2D eigenvalue weighted by Crippen LogP contribution is 2.26. The SMILES string of the molecule is COc1ccc2[nH]cc(CCNC(=O)C3CC(=O)N(c4ccc(C)cc4)C3)c2c1. The third kappa shape index (κ3) is 3.97. The molecule has 3 aromatic rings. The second-order valence-electron chi connectivity index (χ2n) is 7.51. The Balaban J connectivity index is 1.34. The summed E-state index contributed by atoms with van der Waals surface area (Å²) in [6, 6.07) is 13.7. The highest BCUT2D eigenvalue weighted by atomic mass is 16.5. The van der Waals surface area contributed by atoms with Crippen molar-refractivity contribution in [2.45, 2.75) is 19.8 Å². The first kappa shape index (κ1) is 19.1. The molecular weight excluding hydrogens is 366 g/mol. The lowest BCUT2D eigenvalue weighted by Gasteiger charge is -2.17. The van der Waals surface area contributed by atoms with Gasteiger partial charge in [-0.2, -0.15) is 0 Å². The van der Waals surface area contributed by atoms with Crippen molar-refractivity contribution in [2.24, 2.45) is 5.92 Å². The molecule has 2 heterocycles. The Bertz CT molecular complexity index is 1040. The van der Waals surface area contributed by atoms with E-state index >= 15 is 0 Å². The lowest BCUT2D eigenvalue weighted by molar-refractivity contribution is -0.126. The molecule has 6 heteroatoms. The van der Waals surface area contributed by atoms with E-state index in [1.165, 1.54) is 0 Å². The van der Waals surface area contributed by atoms with Crippen LogP contribution in [-0.2, 0) is 16.0 Å². The zero-order valence-electron chi connectivity index (χ0n) is 16.7. The number of benzene rings is 2. The zero-order chi connectivity index (χ0) is 20.4. The molecule has 1 aliphatic rings. The average Bonchev–Trinajstić information content (AvgIpc) is 3.32. The van der Waals surface area contributed by atoms with Gasteiger partial charge in [0.1, 0.15) is 5.75 Å². The van der Waals surface area contributed by atoms with Gasteiger partial charge in [0.05, 0.1) is 13.0 Å². The lowest BCUT2D eigenvalue weighted by atomic mass is 10.1. The third-order valence-electron chi connectivity index (χ3n) is 5.51. The number of anilines is 1. The molecule has 0 spiro atoms. The molecular formula is C23H25N3O3. The van der Waals surface area contributed by atoms with Crippen LogP contribution >= 0.6 is 0 Å². The summed E-state index contributed by atoms with van der Waals surface area (Å²) < 4.78 is 5.30. The predicted molar refractivity (Wildman–Crippen MR) is 113 cm³/mol. The van der Waals surface area contributed by atoms with Crippen LogP contribution in [0, 0.1) is 12.8 Å². The number of carbonyl (C=O) groups is 2. The van der Waals surface area contributed by atoms with Crippen LogP contribution in [0.5, 0.6) is 5.75 Å². The van der Waals surface area contributed by atoms with E-state index in [4.69, 9.17) is 4.74 Å². The number of hydrogen-bond acceptors (Lipinski definition) is 3. The summed E-state index contributed by atoms with van der Waals surface area (Å²) in [4.78, 5) is 29.9. The van der Waals surface area contributed by atoms with Gasteiger partial charge in [-0.3, -0.25) is 9.59 Å². The number of methoxy groups -OCH3 is 1. The Morgan fingerprint density at radius 2 is 2.03 bits per heavy atom. The predicted octanol–water partition coefficient (Wildman–Crippen LogP) is 3.20. The molecule has 2 N–H and O–H groups in total. The Morgan fingerprint density at radius 3 is 2.79 bits per heavy atom. The molecule has 4 rings (SSSR count).